The van der Waals surface area contributed by atoms with Crippen LogP contribution in [-0.2, 0) is 36.9 Å². The number of aryl methyl sites for hydroxylation is 1. The first-order valence-corrected chi connectivity index (χ1v) is 11.7. The Morgan fingerprint density at radius 3 is 2.42 bits per heavy atom. The molecule has 7 nitrogen and oxygen atoms in total. The molecule has 2 aliphatic heterocycles. The monoisotopic (exact) mass is 485 g/mol. The molecular weight excluding hydrogens is 458 g/mol. The summed E-state index contributed by atoms with van der Waals surface area (Å²) in [5.74, 6) is -0.920. The number of esters is 2. The summed E-state index contributed by atoms with van der Waals surface area (Å²) in [7, 11) is 0. The lowest BCUT2D eigenvalue weighted by Crippen LogP contribution is -2.40. The average molecular weight is 486 g/mol. The van der Waals surface area contributed by atoms with Gasteiger partial charge in [-0.2, -0.15) is 0 Å². The molecule has 1 amide bonds. The number of hydrogen-bond donors (Lipinski definition) is 1. The maximum absolute atomic E-state index is 13.1. The summed E-state index contributed by atoms with van der Waals surface area (Å²) in [5.41, 5.74) is 2.77. The van der Waals surface area contributed by atoms with E-state index in [0.717, 1.165) is 11.1 Å². The van der Waals surface area contributed by atoms with Crippen LogP contribution >= 0.6 is 0 Å². The van der Waals surface area contributed by atoms with Gasteiger partial charge in [0.15, 0.2) is 0 Å². The van der Waals surface area contributed by atoms with Gasteiger partial charge in [0, 0.05) is 12.0 Å². The predicted octanol–water partition coefficient (Wildman–Crippen LogP) is 4.95. The molecule has 0 saturated heterocycles. The highest BCUT2D eigenvalue weighted by atomic mass is 16.6. The summed E-state index contributed by atoms with van der Waals surface area (Å²) in [6.45, 7) is 3.19. The van der Waals surface area contributed by atoms with Crippen LogP contribution in [0.15, 0.2) is 84.6 Å². The molecule has 0 radical (unpaired) electrons. The van der Waals surface area contributed by atoms with E-state index < -0.39 is 18.0 Å². The van der Waals surface area contributed by atoms with E-state index in [9.17, 15) is 14.4 Å². The molecule has 184 valence electrons. The smallest absolute Gasteiger partial charge is 0.375 e. The van der Waals surface area contributed by atoms with Crippen molar-refractivity contribution in [2.45, 2.75) is 39.3 Å². The Morgan fingerprint density at radius 2 is 1.67 bits per heavy atom. The molecule has 4 bridgehead atoms. The third-order valence-corrected chi connectivity index (χ3v) is 5.74. The molecular formula is C29H27NO6. The lowest BCUT2D eigenvalue weighted by Gasteiger charge is -2.17. The molecule has 7 heteroatoms. The van der Waals surface area contributed by atoms with Crippen molar-refractivity contribution >= 4 is 23.4 Å². The van der Waals surface area contributed by atoms with Crippen molar-refractivity contribution in [3.05, 3.63) is 101 Å². The number of fused-ring (bicyclic) bond motifs is 9. The number of allylic oxidation sites excluding steroid dienone is 1. The van der Waals surface area contributed by atoms with E-state index >= 15 is 0 Å². The highest BCUT2D eigenvalue weighted by Crippen LogP contribution is 2.28. The third-order valence-electron chi connectivity index (χ3n) is 5.74. The summed E-state index contributed by atoms with van der Waals surface area (Å²) in [6.07, 6.45) is 0.693. The van der Waals surface area contributed by atoms with Gasteiger partial charge in [-0.3, -0.25) is 4.79 Å². The molecule has 1 N–H and O–H groups in total. The van der Waals surface area contributed by atoms with Crippen LogP contribution in [0.4, 0.5) is 0 Å². The molecule has 0 aliphatic carbocycles. The van der Waals surface area contributed by atoms with Gasteiger partial charge >= 0.3 is 11.9 Å². The molecule has 2 aliphatic rings. The number of hydrogen-bond acceptors (Lipinski definition) is 6. The minimum Gasteiger partial charge on any atom is -0.457 e. The van der Waals surface area contributed by atoms with E-state index in [2.05, 4.69) is 5.32 Å². The van der Waals surface area contributed by atoms with Gasteiger partial charge in [0.05, 0.1) is 0 Å². The third kappa shape index (κ3) is 6.39. The number of amides is 1. The van der Waals surface area contributed by atoms with Crippen molar-refractivity contribution in [2.75, 3.05) is 0 Å². The van der Waals surface area contributed by atoms with Gasteiger partial charge in [0.1, 0.15) is 24.1 Å². The van der Waals surface area contributed by atoms with Crippen LogP contribution in [0.25, 0.3) is 5.57 Å². The zero-order valence-electron chi connectivity index (χ0n) is 20.2. The zero-order valence-corrected chi connectivity index (χ0v) is 20.2. The average Bonchev–Trinajstić information content (AvgIpc) is 2.89. The zero-order chi connectivity index (χ0) is 25.5. The van der Waals surface area contributed by atoms with Crippen LogP contribution in [0.2, 0.25) is 0 Å². The van der Waals surface area contributed by atoms with Crippen molar-refractivity contribution in [3.8, 4) is 11.5 Å². The van der Waals surface area contributed by atoms with Gasteiger partial charge in [0.25, 0.3) is 0 Å². The highest BCUT2D eigenvalue weighted by molar-refractivity contribution is 5.98. The highest BCUT2D eigenvalue weighted by Gasteiger charge is 2.26. The molecule has 2 heterocycles. The molecule has 3 aromatic carbocycles. The molecule has 0 spiro atoms. The van der Waals surface area contributed by atoms with Crippen molar-refractivity contribution < 1.29 is 28.6 Å². The molecule has 36 heavy (non-hydrogen) atoms. The molecule has 5 rings (SSSR count). The number of carbonyl (C=O) groups is 3. The van der Waals surface area contributed by atoms with Gasteiger partial charge in [-0.25, -0.2) is 9.59 Å². The Bertz CT molecular complexity index is 1280. The van der Waals surface area contributed by atoms with Crippen LogP contribution in [0.3, 0.4) is 0 Å². The lowest BCUT2D eigenvalue weighted by molar-refractivity contribution is -0.153. The van der Waals surface area contributed by atoms with Gasteiger partial charge in [0.2, 0.25) is 11.7 Å². The van der Waals surface area contributed by atoms with Crippen molar-refractivity contribution in [3.63, 3.8) is 0 Å². The first kappa shape index (κ1) is 24.7. The second-order valence-corrected chi connectivity index (χ2v) is 8.50. The van der Waals surface area contributed by atoms with Crippen LogP contribution in [0.1, 0.15) is 37.0 Å². The molecule has 0 saturated carbocycles. The summed E-state index contributed by atoms with van der Waals surface area (Å²) < 4.78 is 17.0. The minimum absolute atomic E-state index is 0.0132. The van der Waals surface area contributed by atoms with E-state index in [0.29, 0.717) is 29.1 Å². The largest absolute Gasteiger partial charge is 0.457 e. The van der Waals surface area contributed by atoms with E-state index in [1.807, 2.05) is 54.6 Å². The maximum atomic E-state index is 13.1. The lowest BCUT2D eigenvalue weighted by atomic mass is 10.1. The number of rotatable bonds is 3. The Morgan fingerprint density at radius 1 is 0.917 bits per heavy atom. The van der Waals surface area contributed by atoms with Crippen LogP contribution < -0.4 is 10.1 Å². The Balaban J connectivity index is 1.69. The Labute approximate surface area is 209 Å². The van der Waals surface area contributed by atoms with Crippen molar-refractivity contribution in [2.24, 2.45) is 0 Å². The van der Waals surface area contributed by atoms with E-state index in [-0.39, 0.29) is 24.7 Å². The topological polar surface area (TPSA) is 90.9 Å². The maximum Gasteiger partial charge on any atom is 0.375 e. The number of carbonyl (C=O) groups excluding carboxylic acids is 3. The predicted molar refractivity (Wildman–Crippen MR) is 134 cm³/mol. The first-order chi connectivity index (χ1) is 17.4. The standard InChI is InChI=1S/C29H27NO6/c1-19-23-9-6-10-25(17-23)35-24-14-11-21(12-15-24)13-16-26(31)30-20(2)28(32)36-27(19)29(33)34-18-22-7-4-3-5-8-22/h3-12,14-15,17,20H,13,16,18H2,1-2H3,(H,30,31)/b27-19-/t20-/m0/s1. The fourth-order valence-electron chi connectivity index (χ4n) is 3.66. The van der Waals surface area contributed by atoms with Crippen molar-refractivity contribution in [1.29, 1.82) is 0 Å². The van der Waals surface area contributed by atoms with Crippen LogP contribution in [0.5, 0.6) is 11.5 Å². The van der Waals surface area contributed by atoms with Gasteiger partial charge in [-0.1, -0.05) is 54.6 Å². The number of ether oxygens (including phenoxy) is 3. The first-order valence-electron chi connectivity index (χ1n) is 11.7. The fraction of sp³-hybridized carbons (Fsp3) is 0.207. The van der Waals surface area contributed by atoms with Gasteiger partial charge in [-0.15, -0.1) is 0 Å². The minimum atomic E-state index is -0.963. The summed E-state index contributed by atoms with van der Waals surface area (Å²) >= 11 is 0. The van der Waals surface area contributed by atoms with Crippen LogP contribution in [0, 0.1) is 0 Å². The summed E-state index contributed by atoms with van der Waals surface area (Å²) in [6, 6.07) is 22.8. The van der Waals surface area contributed by atoms with Gasteiger partial charge < -0.3 is 19.5 Å². The second kappa shape index (κ2) is 11.4. The van der Waals surface area contributed by atoms with Crippen molar-refractivity contribution in [1.82, 2.24) is 5.32 Å². The molecule has 1 atom stereocenters. The van der Waals surface area contributed by atoms with E-state index in [4.69, 9.17) is 14.2 Å². The number of nitrogens with one attached hydrogen (secondary N) is 1. The Hall–Kier alpha value is -4.39. The molecule has 0 fully saturated rings. The molecule has 0 aromatic heterocycles. The Kier molecular flexibility index (Phi) is 7.80. The normalized spacial score (nSPS) is 18.4. The number of benzene rings is 3. The van der Waals surface area contributed by atoms with Crippen LogP contribution in [-0.4, -0.2) is 23.9 Å². The van der Waals surface area contributed by atoms with E-state index in [1.54, 1.807) is 31.2 Å². The molecule has 3 aromatic rings. The summed E-state index contributed by atoms with van der Waals surface area (Å²) in [5, 5.41) is 2.64. The quantitative estimate of drug-likeness (QED) is 0.528. The van der Waals surface area contributed by atoms with Gasteiger partial charge in [-0.05, 0) is 61.2 Å². The SMILES string of the molecule is C/C1=C(\C(=O)OCc2ccccc2)OC(=O)[C@H](C)NC(=O)CCc2ccc(cc2)Oc2cccc1c2. The fourth-order valence-corrected chi connectivity index (χ4v) is 3.66. The summed E-state index contributed by atoms with van der Waals surface area (Å²) in [4.78, 5) is 38.4. The molecule has 0 unspecified atom stereocenters. The van der Waals surface area contributed by atoms with E-state index in [1.165, 1.54) is 6.92 Å². The second-order valence-electron chi connectivity index (χ2n) is 8.50.